The Balaban J connectivity index is 1.93. The molecule has 6 heteroatoms. The molecular weight excluding hydrogens is 346 g/mol. The van der Waals surface area contributed by atoms with Crippen molar-refractivity contribution in [2.75, 3.05) is 13.2 Å². The maximum atomic E-state index is 12.4. The molecule has 1 amide bonds. The first-order valence-corrected chi connectivity index (χ1v) is 9.54. The van der Waals surface area contributed by atoms with Gasteiger partial charge in [-0.05, 0) is 58.4 Å². The summed E-state index contributed by atoms with van der Waals surface area (Å²) < 4.78 is 16.4. The number of hydrogen-bond donors (Lipinski definition) is 1. The molecule has 0 bridgehead atoms. The molecule has 1 aromatic rings. The maximum Gasteiger partial charge on any atom is 0.408 e. The normalized spacial score (nSPS) is 24.6. The fraction of sp³-hybridized carbons (Fsp3) is 0.619. The lowest BCUT2D eigenvalue weighted by molar-refractivity contribution is -0.154. The number of nitrogens with one attached hydrogen (secondary N) is 1. The second-order valence-electron chi connectivity index (χ2n) is 8.10. The molecule has 1 fully saturated rings. The van der Waals surface area contributed by atoms with Gasteiger partial charge in [0.1, 0.15) is 5.60 Å². The number of carbonyl (C=O) groups excluding carboxylic acids is 2. The van der Waals surface area contributed by atoms with Gasteiger partial charge in [0.05, 0.1) is 12.7 Å². The zero-order valence-corrected chi connectivity index (χ0v) is 16.7. The van der Waals surface area contributed by atoms with Crippen LogP contribution >= 0.6 is 0 Å². The van der Waals surface area contributed by atoms with Crippen LogP contribution in [0.5, 0.6) is 0 Å². The van der Waals surface area contributed by atoms with Crippen molar-refractivity contribution in [3.63, 3.8) is 0 Å². The number of carbonyl (C=O) groups is 2. The summed E-state index contributed by atoms with van der Waals surface area (Å²) in [5, 5.41) is 2.55. The monoisotopic (exact) mass is 377 g/mol. The van der Waals surface area contributed by atoms with Gasteiger partial charge in [0, 0.05) is 6.61 Å². The van der Waals surface area contributed by atoms with Gasteiger partial charge in [-0.3, -0.25) is 0 Å². The quantitative estimate of drug-likeness (QED) is 0.817. The second-order valence-corrected chi connectivity index (χ2v) is 8.10. The molecule has 6 nitrogen and oxygen atoms in total. The molecular formula is C21H31NO5. The molecule has 1 aliphatic heterocycles. The number of hydrogen-bond acceptors (Lipinski definition) is 5. The van der Waals surface area contributed by atoms with Crippen LogP contribution in [0.15, 0.2) is 30.3 Å². The van der Waals surface area contributed by atoms with E-state index < -0.39 is 23.7 Å². The number of esters is 1. The van der Waals surface area contributed by atoms with E-state index in [4.69, 9.17) is 14.2 Å². The van der Waals surface area contributed by atoms with Gasteiger partial charge < -0.3 is 19.5 Å². The van der Waals surface area contributed by atoms with Gasteiger partial charge in [-0.15, -0.1) is 0 Å². The third-order valence-corrected chi connectivity index (χ3v) is 4.28. The standard InChI is InChI=1S/C21H31NO5/c1-15-12-17(13-16-8-6-5-7-9-16)10-11-25-14-18(19(23)26-15)22-20(24)27-21(2,3)4/h5-9,15,17-18H,10-14H2,1-4H3,(H,22,24)/t15?,17?,18-/m0/s1. The fourth-order valence-corrected chi connectivity index (χ4v) is 3.12. The highest BCUT2D eigenvalue weighted by Gasteiger charge is 2.29. The van der Waals surface area contributed by atoms with E-state index in [-0.39, 0.29) is 12.7 Å². The summed E-state index contributed by atoms with van der Waals surface area (Å²) in [5.41, 5.74) is 0.630. The summed E-state index contributed by atoms with van der Waals surface area (Å²) >= 11 is 0. The molecule has 0 spiro atoms. The third kappa shape index (κ3) is 7.99. The van der Waals surface area contributed by atoms with Gasteiger partial charge in [-0.25, -0.2) is 9.59 Å². The Kier molecular flexibility index (Phi) is 7.66. The minimum atomic E-state index is -0.868. The molecule has 2 rings (SSSR count). The van der Waals surface area contributed by atoms with Gasteiger partial charge in [0.15, 0.2) is 6.04 Å². The minimum absolute atomic E-state index is 0.0723. The highest BCUT2D eigenvalue weighted by atomic mass is 16.6. The predicted octanol–water partition coefficient (Wildman–Crippen LogP) is 3.48. The average molecular weight is 377 g/mol. The van der Waals surface area contributed by atoms with E-state index in [2.05, 4.69) is 17.4 Å². The molecule has 0 saturated carbocycles. The largest absolute Gasteiger partial charge is 0.461 e. The lowest BCUT2D eigenvalue weighted by Gasteiger charge is -2.27. The van der Waals surface area contributed by atoms with Crippen LogP contribution in [0.25, 0.3) is 0 Å². The topological polar surface area (TPSA) is 73.9 Å². The first kappa shape index (κ1) is 21.2. The molecule has 0 aromatic heterocycles. The fourth-order valence-electron chi connectivity index (χ4n) is 3.12. The number of benzene rings is 1. The Morgan fingerprint density at radius 3 is 2.63 bits per heavy atom. The summed E-state index contributed by atoms with van der Waals surface area (Å²) in [6, 6.07) is 9.41. The van der Waals surface area contributed by atoms with Crippen molar-refractivity contribution in [3.8, 4) is 0 Å². The third-order valence-electron chi connectivity index (χ3n) is 4.28. The smallest absolute Gasteiger partial charge is 0.408 e. The van der Waals surface area contributed by atoms with Crippen molar-refractivity contribution >= 4 is 12.1 Å². The lowest BCUT2D eigenvalue weighted by Crippen LogP contribution is -2.48. The van der Waals surface area contributed by atoms with Crippen molar-refractivity contribution < 1.29 is 23.8 Å². The number of amides is 1. The van der Waals surface area contributed by atoms with Gasteiger partial charge in [0.2, 0.25) is 0 Å². The van der Waals surface area contributed by atoms with Gasteiger partial charge in [-0.1, -0.05) is 30.3 Å². The van der Waals surface area contributed by atoms with E-state index in [1.54, 1.807) is 20.8 Å². The first-order valence-electron chi connectivity index (χ1n) is 9.54. The van der Waals surface area contributed by atoms with Crippen LogP contribution in [0.2, 0.25) is 0 Å². The van der Waals surface area contributed by atoms with E-state index >= 15 is 0 Å². The van der Waals surface area contributed by atoms with Crippen molar-refractivity contribution in [2.45, 2.75) is 64.7 Å². The number of cyclic esters (lactones) is 1. The van der Waals surface area contributed by atoms with Crippen LogP contribution in [0.4, 0.5) is 4.79 Å². The number of ether oxygens (including phenoxy) is 3. The van der Waals surface area contributed by atoms with Gasteiger partial charge >= 0.3 is 12.1 Å². The first-order chi connectivity index (χ1) is 12.7. The zero-order valence-electron chi connectivity index (χ0n) is 16.7. The summed E-state index contributed by atoms with van der Waals surface area (Å²) in [4.78, 5) is 24.4. The number of alkyl carbamates (subject to hydrolysis) is 1. The molecule has 0 aliphatic carbocycles. The van der Waals surface area contributed by atoms with Crippen LogP contribution in [0.1, 0.15) is 46.1 Å². The summed E-state index contributed by atoms with van der Waals surface area (Å²) in [5.74, 6) is -0.126. The Labute approximate surface area is 161 Å². The van der Waals surface area contributed by atoms with Gasteiger partial charge in [-0.2, -0.15) is 0 Å². The Morgan fingerprint density at radius 2 is 1.96 bits per heavy atom. The van der Waals surface area contributed by atoms with Gasteiger partial charge in [0.25, 0.3) is 0 Å². The Hall–Kier alpha value is -2.08. The Morgan fingerprint density at radius 1 is 1.26 bits per heavy atom. The molecule has 27 heavy (non-hydrogen) atoms. The highest BCUT2D eigenvalue weighted by molar-refractivity contribution is 5.81. The maximum absolute atomic E-state index is 12.4. The van der Waals surface area contributed by atoms with E-state index in [0.29, 0.717) is 12.5 Å². The van der Waals surface area contributed by atoms with Crippen molar-refractivity contribution in [3.05, 3.63) is 35.9 Å². The molecule has 0 radical (unpaired) electrons. The SMILES string of the molecule is CC1CC(Cc2ccccc2)CCOC[C@H](NC(=O)OC(C)(C)C)C(=O)O1. The van der Waals surface area contributed by atoms with Crippen LogP contribution in [0.3, 0.4) is 0 Å². The molecule has 2 unspecified atom stereocenters. The second kappa shape index (κ2) is 9.74. The predicted molar refractivity (Wildman–Crippen MR) is 102 cm³/mol. The van der Waals surface area contributed by atoms with Crippen LogP contribution < -0.4 is 5.32 Å². The molecule has 150 valence electrons. The summed E-state index contributed by atoms with van der Waals surface area (Å²) in [7, 11) is 0. The average Bonchev–Trinajstić information content (AvgIpc) is 2.56. The Bertz CT molecular complexity index is 611. The van der Waals surface area contributed by atoms with E-state index in [9.17, 15) is 9.59 Å². The minimum Gasteiger partial charge on any atom is -0.461 e. The zero-order chi connectivity index (χ0) is 19.9. The van der Waals surface area contributed by atoms with Crippen molar-refractivity contribution in [2.24, 2.45) is 5.92 Å². The highest BCUT2D eigenvalue weighted by Crippen LogP contribution is 2.21. The molecule has 1 saturated heterocycles. The summed E-state index contributed by atoms with van der Waals surface area (Å²) in [6.07, 6.45) is 1.66. The van der Waals surface area contributed by atoms with Crippen LogP contribution in [-0.2, 0) is 25.4 Å². The van der Waals surface area contributed by atoms with Crippen LogP contribution in [0, 0.1) is 5.92 Å². The molecule has 1 aliphatic rings. The van der Waals surface area contributed by atoms with Crippen LogP contribution in [-0.4, -0.2) is 43.0 Å². The molecule has 1 aromatic carbocycles. The van der Waals surface area contributed by atoms with Crippen molar-refractivity contribution in [1.82, 2.24) is 5.32 Å². The number of rotatable bonds is 3. The molecule has 3 atom stereocenters. The molecule has 1 N–H and O–H groups in total. The van der Waals surface area contributed by atoms with E-state index in [1.165, 1.54) is 5.56 Å². The van der Waals surface area contributed by atoms with Crippen molar-refractivity contribution in [1.29, 1.82) is 0 Å². The van der Waals surface area contributed by atoms with E-state index in [1.807, 2.05) is 25.1 Å². The lowest BCUT2D eigenvalue weighted by atomic mass is 9.91. The van der Waals surface area contributed by atoms with E-state index in [0.717, 1.165) is 19.3 Å². The summed E-state index contributed by atoms with van der Waals surface area (Å²) in [6.45, 7) is 7.80. The molecule has 1 heterocycles.